The van der Waals surface area contributed by atoms with E-state index in [1.54, 1.807) is 45.9 Å². The number of anilines is 1. The molecule has 0 saturated carbocycles. The predicted molar refractivity (Wildman–Crippen MR) is 126 cm³/mol. The van der Waals surface area contributed by atoms with Gasteiger partial charge in [0.05, 0.1) is 16.7 Å². The van der Waals surface area contributed by atoms with Crippen LogP contribution in [0.5, 0.6) is 0 Å². The number of ether oxygens (including phenoxy) is 1. The van der Waals surface area contributed by atoms with Gasteiger partial charge in [-0.05, 0) is 57.5 Å². The van der Waals surface area contributed by atoms with E-state index in [2.05, 4.69) is 4.72 Å². The number of halogens is 1. The number of esters is 1. The van der Waals surface area contributed by atoms with Crippen LogP contribution in [0, 0.1) is 13.8 Å². The van der Waals surface area contributed by atoms with Crippen molar-refractivity contribution in [3.63, 3.8) is 0 Å². The number of rotatable bonds is 5. The molecule has 1 heterocycles. The number of sulfonamides is 1. The Balaban J connectivity index is 1.92. The number of nitrogens with one attached hydrogen (secondary N) is 1. The topological polar surface area (TPSA) is 85.6 Å². The summed E-state index contributed by atoms with van der Waals surface area (Å²) in [6, 6.07) is 13.4. The molecule has 0 bridgehead atoms. The van der Waals surface area contributed by atoms with Crippen LogP contribution >= 0.6 is 11.6 Å². The van der Waals surface area contributed by atoms with Crippen LogP contribution < -0.4 is 4.72 Å². The third-order valence-electron chi connectivity index (χ3n) is 5.10. The van der Waals surface area contributed by atoms with Crippen molar-refractivity contribution in [2.24, 2.45) is 0 Å². The third kappa shape index (κ3) is 3.94. The fourth-order valence-electron chi connectivity index (χ4n) is 3.64. The van der Waals surface area contributed by atoms with E-state index in [9.17, 15) is 13.2 Å². The number of carbonyl (C=O) groups is 1. The average molecular weight is 472 g/mol. The summed E-state index contributed by atoms with van der Waals surface area (Å²) < 4.78 is 40.3. The fraction of sp³-hybridized carbons (Fsp3) is 0.208. The number of carbonyl (C=O) groups excluding carboxylic acids is 1. The Hall–Kier alpha value is -3.03. The molecule has 1 aromatic heterocycles. The van der Waals surface area contributed by atoms with E-state index in [1.807, 2.05) is 18.2 Å². The summed E-state index contributed by atoms with van der Waals surface area (Å²) in [6.07, 6.45) is -0.307. The lowest BCUT2D eigenvalue weighted by atomic mass is 10.0. The second kappa shape index (κ2) is 8.15. The van der Waals surface area contributed by atoms with Gasteiger partial charge in [0.15, 0.2) is 0 Å². The van der Waals surface area contributed by atoms with Crippen LogP contribution in [0.15, 0.2) is 57.8 Å². The maximum absolute atomic E-state index is 13.1. The van der Waals surface area contributed by atoms with Crippen molar-refractivity contribution in [1.29, 1.82) is 0 Å². The van der Waals surface area contributed by atoms with Gasteiger partial charge in [-0.3, -0.25) is 4.72 Å². The molecular weight excluding hydrogens is 450 g/mol. The lowest BCUT2D eigenvalue weighted by Crippen LogP contribution is -2.14. The largest absolute Gasteiger partial charge is 0.460 e. The number of aryl methyl sites for hydroxylation is 2. The smallest absolute Gasteiger partial charge is 0.342 e. The van der Waals surface area contributed by atoms with Gasteiger partial charge in [-0.2, -0.15) is 0 Å². The van der Waals surface area contributed by atoms with E-state index in [0.29, 0.717) is 43.8 Å². The maximum Gasteiger partial charge on any atom is 0.342 e. The zero-order valence-electron chi connectivity index (χ0n) is 18.0. The number of hydrogen-bond acceptors (Lipinski definition) is 5. The molecule has 0 radical (unpaired) electrons. The van der Waals surface area contributed by atoms with Crippen LogP contribution in [0.25, 0.3) is 21.7 Å². The van der Waals surface area contributed by atoms with Gasteiger partial charge in [-0.25, -0.2) is 13.2 Å². The Labute approximate surface area is 191 Å². The SMILES string of the molecule is Cc1cc(S(=O)(=O)Nc2cc3c(C(=O)OC(C)C)c(C)oc3c3ccccc23)ccc1Cl. The van der Waals surface area contributed by atoms with Gasteiger partial charge in [0, 0.05) is 21.2 Å². The summed E-state index contributed by atoms with van der Waals surface area (Å²) in [5, 5.41) is 2.29. The van der Waals surface area contributed by atoms with Crippen LogP contribution in [-0.4, -0.2) is 20.5 Å². The molecule has 0 spiro atoms. The molecule has 0 saturated heterocycles. The predicted octanol–water partition coefficient (Wildman–Crippen LogP) is 6.22. The molecule has 0 aliphatic rings. The average Bonchev–Trinajstić information content (AvgIpc) is 3.05. The minimum Gasteiger partial charge on any atom is -0.460 e. The van der Waals surface area contributed by atoms with Gasteiger partial charge in [0.25, 0.3) is 10.0 Å². The lowest BCUT2D eigenvalue weighted by Gasteiger charge is -2.13. The zero-order chi connectivity index (χ0) is 23.2. The lowest BCUT2D eigenvalue weighted by molar-refractivity contribution is 0.0378. The van der Waals surface area contributed by atoms with E-state index in [0.717, 1.165) is 0 Å². The van der Waals surface area contributed by atoms with Crippen LogP contribution in [0.1, 0.15) is 35.5 Å². The second-order valence-electron chi connectivity index (χ2n) is 7.85. The Morgan fingerprint density at radius 3 is 2.38 bits per heavy atom. The quantitative estimate of drug-likeness (QED) is 0.349. The summed E-state index contributed by atoms with van der Waals surface area (Å²) in [5.74, 6) is -0.113. The minimum absolute atomic E-state index is 0.0893. The highest BCUT2D eigenvalue weighted by Gasteiger charge is 2.24. The van der Waals surface area contributed by atoms with Gasteiger partial charge in [0.2, 0.25) is 0 Å². The summed E-state index contributed by atoms with van der Waals surface area (Å²) in [6.45, 7) is 6.95. The molecule has 1 N–H and O–H groups in total. The number of benzene rings is 3. The summed E-state index contributed by atoms with van der Waals surface area (Å²) in [5.41, 5.74) is 1.76. The normalized spacial score (nSPS) is 11.9. The number of furan rings is 1. The van der Waals surface area contributed by atoms with Crippen molar-refractivity contribution in [3.05, 3.63) is 70.4 Å². The summed E-state index contributed by atoms with van der Waals surface area (Å²) >= 11 is 6.05. The standard InChI is InChI=1S/C24H22ClNO5S/c1-13(2)30-24(27)22-15(4)31-23-18-8-6-5-7-17(18)21(12-19(22)23)26-32(28,29)16-9-10-20(25)14(3)11-16/h5-13,26H,1-4H3. The van der Waals surface area contributed by atoms with Gasteiger partial charge in [0.1, 0.15) is 16.9 Å². The monoisotopic (exact) mass is 471 g/mol. The van der Waals surface area contributed by atoms with Crippen molar-refractivity contribution >= 4 is 55.0 Å². The first-order valence-corrected chi connectivity index (χ1v) is 11.9. The van der Waals surface area contributed by atoms with E-state index < -0.39 is 16.0 Å². The van der Waals surface area contributed by atoms with Gasteiger partial charge < -0.3 is 9.15 Å². The summed E-state index contributed by atoms with van der Waals surface area (Å²) in [4.78, 5) is 12.8. The van der Waals surface area contributed by atoms with E-state index >= 15 is 0 Å². The molecule has 0 aliphatic heterocycles. The van der Waals surface area contributed by atoms with Crippen LogP contribution in [0.2, 0.25) is 5.02 Å². The molecule has 0 aliphatic carbocycles. The zero-order valence-corrected chi connectivity index (χ0v) is 19.6. The Kier molecular flexibility index (Phi) is 5.65. The minimum atomic E-state index is -3.91. The van der Waals surface area contributed by atoms with Crippen LogP contribution in [0.3, 0.4) is 0 Å². The molecule has 166 valence electrons. The van der Waals surface area contributed by atoms with Gasteiger partial charge >= 0.3 is 5.97 Å². The molecule has 4 aromatic rings. The van der Waals surface area contributed by atoms with Gasteiger partial charge in [-0.15, -0.1) is 0 Å². The maximum atomic E-state index is 13.1. The molecule has 3 aromatic carbocycles. The van der Waals surface area contributed by atoms with Gasteiger partial charge in [-0.1, -0.05) is 35.9 Å². The summed E-state index contributed by atoms with van der Waals surface area (Å²) in [7, 11) is -3.91. The highest BCUT2D eigenvalue weighted by molar-refractivity contribution is 7.92. The molecule has 8 heteroatoms. The molecule has 4 rings (SSSR count). The molecular formula is C24H22ClNO5S. The highest BCUT2D eigenvalue weighted by Crippen LogP contribution is 2.38. The Morgan fingerprint density at radius 1 is 1.03 bits per heavy atom. The van der Waals surface area contributed by atoms with Crippen molar-refractivity contribution in [2.75, 3.05) is 4.72 Å². The fourth-order valence-corrected chi connectivity index (χ4v) is 4.91. The van der Waals surface area contributed by atoms with Crippen molar-refractivity contribution in [2.45, 2.75) is 38.7 Å². The number of hydrogen-bond donors (Lipinski definition) is 1. The highest BCUT2D eigenvalue weighted by atomic mass is 35.5. The number of fused-ring (bicyclic) bond motifs is 3. The molecule has 0 amide bonds. The van der Waals surface area contributed by atoms with Crippen LogP contribution in [-0.2, 0) is 14.8 Å². The Bertz CT molecular complexity index is 1470. The molecule has 0 fully saturated rings. The first-order chi connectivity index (χ1) is 15.1. The first kappa shape index (κ1) is 22.2. The van der Waals surface area contributed by atoms with Crippen LogP contribution in [0.4, 0.5) is 5.69 Å². The third-order valence-corrected chi connectivity index (χ3v) is 6.89. The van der Waals surface area contributed by atoms with Crippen molar-refractivity contribution in [1.82, 2.24) is 0 Å². The first-order valence-electron chi connectivity index (χ1n) is 10.0. The molecule has 0 atom stereocenters. The Morgan fingerprint density at radius 2 is 1.72 bits per heavy atom. The van der Waals surface area contributed by atoms with E-state index in [1.165, 1.54) is 12.1 Å². The molecule has 32 heavy (non-hydrogen) atoms. The van der Waals surface area contributed by atoms with Crippen molar-refractivity contribution in [3.8, 4) is 0 Å². The van der Waals surface area contributed by atoms with E-state index in [-0.39, 0.29) is 16.6 Å². The molecule has 0 unspecified atom stereocenters. The van der Waals surface area contributed by atoms with E-state index in [4.69, 9.17) is 20.8 Å². The molecule has 6 nitrogen and oxygen atoms in total. The van der Waals surface area contributed by atoms with Crippen molar-refractivity contribution < 1.29 is 22.4 Å². The second-order valence-corrected chi connectivity index (χ2v) is 9.94.